The van der Waals surface area contributed by atoms with E-state index in [0.717, 1.165) is 5.56 Å². The van der Waals surface area contributed by atoms with E-state index in [0.29, 0.717) is 19.6 Å². The Bertz CT molecular complexity index is 658. The molecule has 2 fully saturated rings. The van der Waals surface area contributed by atoms with Crippen molar-refractivity contribution < 1.29 is 26.9 Å². The van der Waals surface area contributed by atoms with Crippen LogP contribution in [0.2, 0.25) is 0 Å². The van der Waals surface area contributed by atoms with Crippen LogP contribution in [0.5, 0.6) is 0 Å². The lowest BCUT2D eigenvalue weighted by Gasteiger charge is -2.34. The lowest BCUT2D eigenvalue weighted by molar-refractivity contribution is -0.193. The van der Waals surface area contributed by atoms with Crippen molar-refractivity contribution in [1.29, 1.82) is 0 Å². The van der Waals surface area contributed by atoms with Crippen molar-refractivity contribution in [1.82, 2.24) is 0 Å². The Morgan fingerprint density at radius 1 is 1.18 bits per heavy atom. The van der Waals surface area contributed by atoms with Crippen molar-refractivity contribution >= 4 is 15.9 Å². The normalized spacial score (nSPS) is 24.8. The summed E-state index contributed by atoms with van der Waals surface area (Å²) in [6.45, 7) is 2.76. The molecule has 120 valence electrons. The minimum Gasteiger partial charge on any atom is -0.347 e. The van der Waals surface area contributed by atoms with Gasteiger partial charge < -0.3 is 9.47 Å². The van der Waals surface area contributed by atoms with Crippen molar-refractivity contribution in [2.45, 2.75) is 43.0 Å². The van der Waals surface area contributed by atoms with E-state index in [4.69, 9.17) is 13.7 Å². The van der Waals surface area contributed by atoms with Crippen LogP contribution in [0.4, 0.5) is 0 Å². The molecule has 6 nitrogen and oxygen atoms in total. The summed E-state index contributed by atoms with van der Waals surface area (Å²) >= 11 is 0. The van der Waals surface area contributed by atoms with Crippen molar-refractivity contribution in [3.8, 4) is 0 Å². The molecule has 1 spiro atoms. The van der Waals surface area contributed by atoms with E-state index in [2.05, 4.69) is 0 Å². The summed E-state index contributed by atoms with van der Waals surface area (Å²) in [7, 11) is -3.99. The number of ketones is 1. The van der Waals surface area contributed by atoms with Crippen LogP contribution in [0.25, 0.3) is 0 Å². The number of hydrogen-bond donors (Lipinski definition) is 0. The first kappa shape index (κ1) is 15.6. The number of hydrogen-bond acceptors (Lipinski definition) is 6. The van der Waals surface area contributed by atoms with Gasteiger partial charge in [-0.25, -0.2) is 0 Å². The van der Waals surface area contributed by atoms with Crippen LogP contribution in [0.1, 0.15) is 24.8 Å². The lowest BCUT2D eigenvalue weighted by atomic mass is 9.91. The van der Waals surface area contributed by atoms with E-state index in [1.165, 1.54) is 12.1 Å². The molecule has 0 bridgehead atoms. The van der Waals surface area contributed by atoms with Crippen molar-refractivity contribution in [2.75, 3.05) is 13.2 Å². The Labute approximate surface area is 129 Å². The lowest BCUT2D eigenvalue weighted by Crippen LogP contribution is -2.45. The molecule has 1 aliphatic carbocycles. The molecule has 1 aromatic rings. The predicted molar refractivity (Wildman–Crippen MR) is 76.7 cm³/mol. The monoisotopic (exact) mass is 326 g/mol. The number of carbonyl (C=O) groups is 1. The molecule has 7 heteroatoms. The summed E-state index contributed by atoms with van der Waals surface area (Å²) in [5.74, 6) is -1.11. The third-order valence-electron chi connectivity index (χ3n) is 3.97. The van der Waals surface area contributed by atoms with Gasteiger partial charge in [0.2, 0.25) is 0 Å². The van der Waals surface area contributed by atoms with Crippen LogP contribution in [0.15, 0.2) is 29.2 Å². The van der Waals surface area contributed by atoms with Gasteiger partial charge in [0.25, 0.3) is 10.1 Å². The highest BCUT2D eigenvalue weighted by Gasteiger charge is 2.46. The molecule has 1 heterocycles. The number of ether oxygens (including phenoxy) is 2. The second kappa shape index (κ2) is 5.73. The van der Waals surface area contributed by atoms with E-state index in [-0.39, 0.29) is 23.5 Å². The molecule has 22 heavy (non-hydrogen) atoms. The van der Waals surface area contributed by atoms with E-state index in [1.54, 1.807) is 12.1 Å². The summed E-state index contributed by atoms with van der Waals surface area (Å²) in [6.07, 6.45) is -0.320. The summed E-state index contributed by atoms with van der Waals surface area (Å²) in [4.78, 5) is 12.0. The first-order chi connectivity index (χ1) is 10.4. The van der Waals surface area contributed by atoms with Gasteiger partial charge in [0.1, 0.15) is 6.10 Å². The molecule has 1 aliphatic heterocycles. The fraction of sp³-hybridized carbons (Fsp3) is 0.533. The zero-order valence-electron chi connectivity index (χ0n) is 12.3. The highest BCUT2D eigenvalue weighted by Crippen LogP contribution is 2.36. The Balaban J connectivity index is 1.78. The van der Waals surface area contributed by atoms with E-state index in [9.17, 15) is 13.2 Å². The first-order valence-electron chi connectivity index (χ1n) is 7.21. The maximum Gasteiger partial charge on any atom is 0.297 e. The Morgan fingerprint density at radius 3 is 2.45 bits per heavy atom. The highest BCUT2D eigenvalue weighted by molar-refractivity contribution is 7.86. The number of carbonyl (C=O) groups excluding carboxylic acids is 1. The van der Waals surface area contributed by atoms with Crippen LogP contribution < -0.4 is 0 Å². The topological polar surface area (TPSA) is 78.9 Å². The molecule has 1 saturated carbocycles. The molecule has 1 saturated heterocycles. The SMILES string of the molecule is Cc1ccc(S(=O)(=O)OC2CC3(CCC2=O)OCCO3)cc1. The first-order valence-corrected chi connectivity index (χ1v) is 8.62. The summed E-state index contributed by atoms with van der Waals surface area (Å²) in [5, 5.41) is 0. The average molecular weight is 326 g/mol. The van der Waals surface area contributed by atoms with Crippen LogP contribution in [0, 0.1) is 6.92 Å². The zero-order chi connectivity index (χ0) is 15.8. The Hall–Kier alpha value is -1.28. The molecule has 0 radical (unpaired) electrons. The third-order valence-corrected chi connectivity index (χ3v) is 5.31. The van der Waals surface area contributed by atoms with Gasteiger partial charge in [0, 0.05) is 19.3 Å². The zero-order valence-corrected chi connectivity index (χ0v) is 13.1. The fourth-order valence-corrected chi connectivity index (χ4v) is 3.80. The molecule has 2 aliphatic rings. The van der Waals surface area contributed by atoms with Gasteiger partial charge in [-0.15, -0.1) is 0 Å². The number of aryl methyl sites for hydroxylation is 1. The van der Waals surface area contributed by atoms with Gasteiger partial charge in [0.05, 0.1) is 18.1 Å². The second-order valence-electron chi connectivity index (χ2n) is 5.63. The summed E-state index contributed by atoms with van der Waals surface area (Å²) < 4.78 is 40.9. The van der Waals surface area contributed by atoms with Gasteiger partial charge in [0.15, 0.2) is 11.6 Å². The molecule has 1 atom stereocenters. The van der Waals surface area contributed by atoms with Gasteiger partial charge >= 0.3 is 0 Å². The fourth-order valence-electron chi connectivity index (χ4n) is 2.73. The van der Waals surface area contributed by atoms with Gasteiger partial charge in [-0.05, 0) is 19.1 Å². The number of rotatable bonds is 3. The maximum atomic E-state index is 12.3. The molecule has 1 unspecified atom stereocenters. The van der Waals surface area contributed by atoms with Gasteiger partial charge in [-0.1, -0.05) is 17.7 Å². The van der Waals surface area contributed by atoms with E-state index < -0.39 is 22.0 Å². The van der Waals surface area contributed by atoms with Crippen molar-refractivity contribution in [3.05, 3.63) is 29.8 Å². The van der Waals surface area contributed by atoms with Crippen molar-refractivity contribution in [2.24, 2.45) is 0 Å². The molecule has 3 rings (SSSR count). The predicted octanol–water partition coefficient (Wildman–Crippen LogP) is 1.57. The van der Waals surface area contributed by atoms with Crippen LogP contribution in [-0.4, -0.2) is 39.3 Å². The summed E-state index contributed by atoms with van der Waals surface area (Å²) in [6, 6.07) is 6.31. The van der Waals surface area contributed by atoms with Crippen LogP contribution in [0.3, 0.4) is 0 Å². The van der Waals surface area contributed by atoms with Crippen LogP contribution in [-0.2, 0) is 28.6 Å². The molecular formula is C15H18O6S. The highest BCUT2D eigenvalue weighted by atomic mass is 32.2. The minimum atomic E-state index is -3.99. The van der Waals surface area contributed by atoms with E-state index in [1.807, 2.05) is 6.92 Å². The number of Topliss-reactive ketones (excluding diaryl/α,β-unsaturated/α-hetero) is 1. The minimum absolute atomic E-state index is 0.0405. The third kappa shape index (κ3) is 3.08. The Kier molecular flexibility index (Phi) is 4.07. The smallest absolute Gasteiger partial charge is 0.297 e. The van der Waals surface area contributed by atoms with Gasteiger partial charge in [-0.2, -0.15) is 8.42 Å². The van der Waals surface area contributed by atoms with Crippen LogP contribution >= 0.6 is 0 Å². The molecule has 0 amide bonds. The quantitative estimate of drug-likeness (QED) is 0.785. The van der Waals surface area contributed by atoms with Crippen molar-refractivity contribution in [3.63, 3.8) is 0 Å². The average Bonchev–Trinajstić information content (AvgIpc) is 2.92. The largest absolute Gasteiger partial charge is 0.347 e. The van der Waals surface area contributed by atoms with Gasteiger partial charge in [-0.3, -0.25) is 8.98 Å². The van der Waals surface area contributed by atoms with E-state index >= 15 is 0 Å². The standard InChI is InChI=1S/C15H18O6S/c1-11-2-4-12(5-3-11)22(17,18)21-14-10-15(7-6-13(14)16)19-8-9-20-15/h2-5,14H,6-10H2,1H3. The maximum absolute atomic E-state index is 12.3. The Morgan fingerprint density at radius 2 is 1.82 bits per heavy atom. The molecule has 0 aromatic heterocycles. The number of benzene rings is 1. The molecular weight excluding hydrogens is 308 g/mol. The molecule has 1 aromatic carbocycles. The molecule has 0 N–H and O–H groups in total. The summed E-state index contributed by atoms with van der Waals surface area (Å²) in [5.41, 5.74) is 0.944. The second-order valence-corrected chi connectivity index (χ2v) is 7.20.